The second-order valence-corrected chi connectivity index (χ2v) is 18.4. The molecule has 0 spiro atoms. The number of fused-ring (bicyclic) bond motifs is 3. The van der Waals surface area contributed by atoms with E-state index in [4.69, 9.17) is 15.0 Å². The highest BCUT2D eigenvalue weighted by Gasteiger charge is 2.16. The van der Waals surface area contributed by atoms with Crippen molar-refractivity contribution in [3.63, 3.8) is 0 Å². The van der Waals surface area contributed by atoms with Crippen LogP contribution in [0.2, 0.25) is 0 Å². The molecule has 73 heavy (non-hydrogen) atoms. The molecule has 0 fully saturated rings. The Bertz CT molecular complexity index is 4070. The lowest BCUT2D eigenvalue weighted by atomic mass is 9.96. The van der Waals surface area contributed by atoms with Crippen LogP contribution >= 0.6 is 0 Å². The van der Waals surface area contributed by atoms with Crippen LogP contribution in [-0.2, 0) is 0 Å². The Morgan fingerprint density at radius 2 is 0.466 bits per heavy atom. The number of hydrogen-bond acceptors (Lipinski definition) is 3. The van der Waals surface area contributed by atoms with Crippen molar-refractivity contribution in [3.05, 3.63) is 279 Å². The van der Waals surface area contributed by atoms with Crippen LogP contribution in [0.1, 0.15) is 0 Å². The molecule has 11 aromatic carbocycles. The molecule has 0 aliphatic rings. The van der Waals surface area contributed by atoms with Gasteiger partial charge in [0.2, 0.25) is 0 Å². The zero-order valence-corrected chi connectivity index (χ0v) is 39.8. The normalized spacial score (nSPS) is 11.3. The second kappa shape index (κ2) is 18.9. The van der Waals surface area contributed by atoms with Crippen LogP contribution in [0.4, 0.5) is 0 Å². The van der Waals surface area contributed by atoms with E-state index < -0.39 is 0 Å². The molecule has 0 N–H and O–H groups in total. The number of rotatable bonds is 10. The topological polar surface area (TPSA) is 43.6 Å². The van der Waals surface area contributed by atoms with Crippen molar-refractivity contribution in [2.75, 3.05) is 0 Å². The van der Waals surface area contributed by atoms with Crippen molar-refractivity contribution in [3.8, 4) is 107 Å². The highest BCUT2D eigenvalue weighted by Crippen LogP contribution is 2.36. The van der Waals surface area contributed by atoms with Gasteiger partial charge in [0.15, 0.2) is 17.5 Å². The van der Waals surface area contributed by atoms with E-state index in [-0.39, 0.29) is 0 Å². The molecule has 2 heterocycles. The van der Waals surface area contributed by atoms with Crippen LogP contribution in [-0.4, -0.2) is 19.5 Å². The third-order valence-corrected chi connectivity index (χ3v) is 13.9. The second-order valence-electron chi connectivity index (χ2n) is 18.4. The molecule has 0 aliphatic carbocycles. The van der Waals surface area contributed by atoms with E-state index in [9.17, 15) is 0 Å². The monoisotopic (exact) mass is 930 g/mol. The van der Waals surface area contributed by atoms with E-state index in [0.717, 1.165) is 55.8 Å². The maximum atomic E-state index is 5.23. The van der Waals surface area contributed by atoms with E-state index in [1.54, 1.807) is 0 Å². The Morgan fingerprint density at radius 3 is 0.890 bits per heavy atom. The van der Waals surface area contributed by atoms with E-state index in [0.29, 0.717) is 17.5 Å². The predicted octanol–water partition coefficient (Wildman–Crippen LogP) is 18.0. The number of nitrogens with zero attached hydrogens (tertiary/aromatic N) is 4. The zero-order valence-electron chi connectivity index (χ0n) is 39.8. The van der Waals surface area contributed by atoms with Crippen molar-refractivity contribution in [2.45, 2.75) is 0 Å². The SMILES string of the molecule is c1ccc(-c2cccc(-c3ccc(-c4nc(-c5ccc(-c6cccc(-c7cccc(-c8ccccc8)c7)c6)cc5)nc(-c5cccc(-c6cccc(-n7c8ccccc8c8ccccc87)c6)c5)n4)cc3)c2)cc1. The first-order chi connectivity index (χ1) is 36.1. The van der Waals surface area contributed by atoms with Crippen LogP contribution in [0, 0.1) is 0 Å². The molecule has 0 saturated carbocycles. The Labute approximate surface area is 424 Å². The van der Waals surface area contributed by atoms with Crippen molar-refractivity contribution >= 4 is 21.8 Å². The van der Waals surface area contributed by atoms with Gasteiger partial charge in [0, 0.05) is 33.2 Å². The molecule has 0 saturated heterocycles. The summed E-state index contributed by atoms with van der Waals surface area (Å²) in [6.45, 7) is 0. The van der Waals surface area contributed by atoms with Crippen LogP contribution in [0.25, 0.3) is 128 Å². The molecule has 13 aromatic rings. The standard InChI is InChI=1S/C69H46N4/c1-3-16-47(17-4-1)53-20-11-22-55(42-53)49-34-38-51(39-35-49)67-70-68(52-40-36-50(37-41-52)56-23-13-25-58(44-56)57-24-12-21-54(43-57)48-18-5-2-6-19-48)72-69(71-67)61-28-14-26-59(45-61)60-27-15-29-62(46-60)73-65-32-9-7-30-63(65)64-31-8-10-33-66(64)73/h1-46H. The van der Waals surface area contributed by atoms with Crippen LogP contribution in [0.5, 0.6) is 0 Å². The quantitative estimate of drug-likeness (QED) is 0.137. The van der Waals surface area contributed by atoms with Gasteiger partial charge in [-0.3, -0.25) is 0 Å². The van der Waals surface area contributed by atoms with Gasteiger partial charge in [-0.2, -0.15) is 0 Å². The zero-order chi connectivity index (χ0) is 48.5. The van der Waals surface area contributed by atoms with E-state index >= 15 is 0 Å². The summed E-state index contributed by atoms with van der Waals surface area (Å²) >= 11 is 0. The summed E-state index contributed by atoms with van der Waals surface area (Å²) in [5.74, 6) is 1.82. The minimum absolute atomic E-state index is 0.606. The third-order valence-electron chi connectivity index (χ3n) is 13.9. The molecule has 0 unspecified atom stereocenters. The first-order valence-corrected chi connectivity index (χ1v) is 24.7. The molecule has 0 amide bonds. The van der Waals surface area contributed by atoms with Crippen molar-refractivity contribution in [1.82, 2.24) is 19.5 Å². The Balaban J connectivity index is 0.865. The highest BCUT2D eigenvalue weighted by atomic mass is 15.0. The summed E-state index contributed by atoms with van der Waals surface area (Å²) in [6, 6.07) is 99.0. The molecule has 2 aromatic heterocycles. The molecule has 4 heteroatoms. The fraction of sp³-hybridized carbons (Fsp3) is 0. The van der Waals surface area contributed by atoms with Gasteiger partial charge in [-0.15, -0.1) is 0 Å². The maximum Gasteiger partial charge on any atom is 0.164 e. The lowest BCUT2D eigenvalue weighted by molar-refractivity contribution is 1.07. The molecule has 0 aliphatic heterocycles. The smallest absolute Gasteiger partial charge is 0.164 e. The lowest BCUT2D eigenvalue weighted by Crippen LogP contribution is -2.00. The first-order valence-electron chi connectivity index (χ1n) is 24.7. The number of aromatic nitrogens is 4. The fourth-order valence-electron chi connectivity index (χ4n) is 10.1. The Morgan fingerprint density at radius 1 is 0.192 bits per heavy atom. The summed E-state index contributed by atoms with van der Waals surface area (Å²) in [5.41, 5.74) is 20.0. The summed E-state index contributed by atoms with van der Waals surface area (Å²) in [5, 5.41) is 2.48. The van der Waals surface area contributed by atoms with Gasteiger partial charge in [-0.25, -0.2) is 15.0 Å². The maximum absolute atomic E-state index is 5.23. The molecule has 0 atom stereocenters. The van der Waals surface area contributed by atoms with Gasteiger partial charge in [-0.1, -0.05) is 231 Å². The van der Waals surface area contributed by atoms with Gasteiger partial charge in [-0.05, 0) is 115 Å². The van der Waals surface area contributed by atoms with Crippen LogP contribution < -0.4 is 0 Å². The summed E-state index contributed by atoms with van der Waals surface area (Å²) in [4.78, 5) is 15.6. The molecular weight excluding hydrogens is 885 g/mol. The van der Waals surface area contributed by atoms with Gasteiger partial charge in [0.25, 0.3) is 0 Å². The minimum Gasteiger partial charge on any atom is -0.309 e. The van der Waals surface area contributed by atoms with Crippen molar-refractivity contribution in [2.24, 2.45) is 0 Å². The molecule has 0 bridgehead atoms. The molecule has 342 valence electrons. The fourth-order valence-corrected chi connectivity index (χ4v) is 10.1. The van der Waals surface area contributed by atoms with E-state index in [1.165, 1.54) is 55.2 Å². The largest absolute Gasteiger partial charge is 0.309 e. The van der Waals surface area contributed by atoms with Gasteiger partial charge < -0.3 is 4.57 Å². The lowest BCUT2D eigenvalue weighted by Gasteiger charge is -2.12. The average molecular weight is 931 g/mol. The van der Waals surface area contributed by atoms with Crippen LogP contribution in [0.15, 0.2) is 279 Å². The third kappa shape index (κ3) is 8.58. The van der Waals surface area contributed by atoms with Gasteiger partial charge >= 0.3 is 0 Å². The van der Waals surface area contributed by atoms with Crippen molar-refractivity contribution < 1.29 is 0 Å². The average Bonchev–Trinajstić information content (AvgIpc) is 3.82. The van der Waals surface area contributed by atoms with E-state index in [2.05, 4.69) is 284 Å². The number of hydrogen-bond donors (Lipinski definition) is 0. The highest BCUT2D eigenvalue weighted by molar-refractivity contribution is 6.09. The van der Waals surface area contributed by atoms with Crippen molar-refractivity contribution in [1.29, 1.82) is 0 Å². The number of benzene rings is 11. The molecular formula is C69H46N4. The Hall–Kier alpha value is -9.77. The van der Waals surface area contributed by atoms with Gasteiger partial charge in [0.1, 0.15) is 0 Å². The molecule has 0 radical (unpaired) electrons. The molecule has 4 nitrogen and oxygen atoms in total. The minimum atomic E-state index is 0.606. The summed E-state index contributed by atoms with van der Waals surface area (Å²) in [7, 11) is 0. The summed E-state index contributed by atoms with van der Waals surface area (Å²) in [6.07, 6.45) is 0. The van der Waals surface area contributed by atoms with Crippen LogP contribution in [0.3, 0.4) is 0 Å². The van der Waals surface area contributed by atoms with Gasteiger partial charge in [0.05, 0.1) is 11.0 Å². The number of para-hydroxylation sites is 2. The molecule has 13 rings (SSSR count). The van der Waals surface area contributed by atoms with E-state index in [1.807, 2.05) is 0 Å². The predicted molar refractivity (Wildman–Crippen MR) is 303 cm³/mol. The Kier molecular flexibility index (Phi) is 11.2. The summed E-state index contributed by atoms with van der Waals surface area (Å²) < 4.78 is 2.36. The first kappa shape index (κ1) is 43.3.